The Labute approximate surface area is 143 Å². The summed E-state index contributed by atoms with van der Waals surface area (Å²) in [6.07, 6.45) is 2.16. The first-order valence-electron chi connectivity index (χ1n) is 8.65. The van der Waals surface area contributed by atoms with E-state index in [1.54, 1.807) is 4.90 Å². The van der Waals surface area contributed by atoms with Crippen LogP contribution in [0.4, 0.5) is 4.79 Å². The fraction of sp³-hybridized carbons (Fsp3) is 0.632. The highest BCUT2D eigenvalue weighted by molar-refractivity contribution is 5.69. The third kappa shape index (κ3) is 2.91. The first kappa shape index (κ1) is 17.2. The molecule has 0 spiro atoms. The zero-order valence-corrected chi connectivity index (χ0v) is 14.8. The smallest absolute Gasteiger partial charge is 0.410 e. The van der Waals surface area contributed by atoms with Crippen molar-refractivity contribution in [1.29, 1.82) is 0 Å². The molecule has 0 saturated carbocycles. The number of benzene rings is 1. The van der Waals surface area contributed by atoms with Crippen LogP contribution in [0.3, 0.4) is 0 Å². The summed E-state index contributed by atoms with van der Waals surface area (Å²) < 4.78 is 5.39. The molecule has 0 aromatic heterocycles. The number of likely N-dealkylation sites (tertiary alicyclic amines) is 1. The molecule has 1 atom stereocenters. The van der Waals surface area contributed by atoms with E-state index in [-0.39, 0.29) is 11.5 Å². The maximum atomic E-state index is 12.2. The molecule has 0 bridgehead atoms. The Balaban J connectivity index is 1.73. The molecule has 1 aromatic carbocycles. The van der Waals surface area contributed by atoms with Gasteiger partial charge in [0.25, 0.3) is 0 Å². The molecule has 1 aliphatic heterocycles. The number of hydrogen-bond donors (Lipinski definition) is 2. The van der Waals surface area contributed by atoms with Crippen LogP contribution in [0.5, 0.6) is 0 Å². The average molecular weight is 332 g/mol. The molecule has 1 aromatic rings. The monoisotopic (exact) mass is 332 g/mol. The van der Waals surface area contributed by atoms with Gasteiger partial charge in [-0.15, -0.1) is 0 Å². The lowest BCUT2D eigenvalue weighted by atomic mass is 9.59. The number of amides is 1. The molecular formula is C19H28N2O3. The number of nitrogens with two attached hydrogens (primary N) is 1. The van der Waals surface area contributed by atoms with Crippen molar-refractivity contribution in [1.82, 2.24) is 4.90 Å². The number of rotatable bonds is 2. The Hall–Kier alpha value is -1.59. The lowest BCUT2D eigenvalue weighted by Crippen LogP contribution is -2.73. The first-order valence-corrected chi connectivity index (χ1v) is 8.65. The molecule has 5 nitrogen and oxygen atoms in total. The molecule has 1 aliphatic carbocycles. The number of carbonyl (C=O) groups is 1. The largest absolute Gasteiger partial charge is 0.444 e. The van der Waals surface area contributed by atoms with Gasteiger partial charge in [0, 0.05) is 12.0 Å². The Morgan fingerprint density at radius 1 is 1.29 bits per heavy atom. The molecule has 132 valence electrons. The summed E-state index contributed by atoms with van der Waals surface area (Å²) in [7, 11) is 0. The normalized spacial score (nSPS) is 25.6. The van der Waals surface area contributed by atoms with E-state index in [2.05, 4.69) is 18.2 Å². The minimum absolute atomic E-state index is 0.293. The van der Waals surface area contributed by atoms with Crippen molar-refractivity contribution in [3.63, 3.8) is 0 Å². The molecule has 1 amide bonds. The highest BCUT2D eigenvalue weighted by atomic mass is 16.6. The van der Waals surface area contributed by atoms with Gasteiger partial charge < -0.3 is 20.5 Å². The number of fused-ring (bicyclic) bond motifs is 1. The van der Waals surface area contributed by atoms with Crippen LogP contribution < -0.4 is 5.73 Å². The second-order valence-electron chi connectivity index (χ2n) is 8.30. The second-order valence-corrected chi connectivity index (χ2v) is 8.30. The third-order valence-corrected chi connectivity index (χ3v) is 5.45. The molecule has 1 heterocycles. The average Bonchev–Trinajstić information content (AvgIpc) is 2.49. The Kier molecular flexibility index (Phi) is 4.12. The van der Waals surface area contributed by atoms with Crippen LogP contribution in [-0.4, -0.2) is 46.9 Å². The summed E-state index contributed by atoms with van der Waals surface area (Å²) in [5, 5.41) is 11.2. The molecule has 1 saturated heterocycles. The van der Waals surface area contributed by atoms with E-state index < -0.39 is 11.2 Å². The molecule has 24 heavy (non-hydrogen) atoms. The predicted octanol–water partition coefficient (Wildman–Crippen LogP) is 2.10. The van der Waals surface area contributed by atoms with Gasteiger partial charge in [0.1, 0.15) is 11.2 Å². The number of nitrogens with zero attached hydrogens (tertiary/aromatic N) is 1. The van der Waals surface area contributed by atoms with Crippen molar-refractivity contribution >= 4 is 6.09 Å². The number of ether oxygens (including phenoxy) is 1. The van der Waals surface area contributed by atoms with Crippen LogP contribution >= 0.6 is 0 Å². The Morgan fingerprint density at radius 3 is 2.50 bits per heavy atom. The Bertz CT molecular complexity index is 632. The SMILES string of the molecule is CC(C)(C)OC(=O)N1CC(O)(C2(CN)CCc3ccccc3C2)C1. The van der Waals surface area contributed by atoms with E-state index in [9.17, 15) is 9.90 Å². The minimum atomic E-state index is -0.938. The van der Waals surface area contributed by atoms with Crippen molar-refractivity contribution in [3.8, 4) is 0 Å². The fourth-order valence-electron chi connectivity index (χ4n) is 3.94. The molecule has 5 heteroatoms. The van der Waals surface area contributed by atoms with Gasteiger partial charge in [0.2, 0.25) is 0 Å². The maximum Gasteiger partial charge on any atom is 0.410 e. The molecule has 3 N–H and O–H groups in total. The number of carbonyl (C=O) groups excluding carboxylic acids is 1. The van der Waals surface area contributed by atoms with Gasteiger partial charge in [0.15, 0.2) is 0 Å². The first-order chi connectivity index (χ1) is 11.2. The number of aryl methyl sites for hydroxylation is 1. The third-order valence-electron chi connectivity index (χ3n) is 5.45. The van der Waals surface area contributed by atoms with Gasteiger partial charge >= 0.3 is 6.09 Å². The van der Waals surface area contributed by atoms with Crippen molar-refractivity contribution in [2.75, 3.05) is 19.6 Å². The zero-order valence-electron chi connectivity index (χ0n) is 14.8. The van der Waals surface area contributed by atoms with E-state index >= 15 is 0 Å². The summed E-state index contributed by atoms with van der Waals surface area (Å²) in [6.45, 7) is 6.53. The number of aliphatic hydroxyl groups is 1. The predicted molar refractivity (Wildman–Crippen MR) is 92.7 cm³/mol. The minimum Gasteiger partial charge on any atom is -0.444 e. The van der Waals surface area contributed by atoms with Crippen molar-refractivity contribution < 1.29 is 14.6 Å². The number of β-amino-alcohol motifs (C(OH)–C–C–N with tert-alkyl or cyclic N) is 1. The highest BCUT2D eigenvalue weighted by Gasteiger charge is 2.58. The van der Waals surface area contributed by atoms with Crippen LogP contribution in [-0.2, 0) is 17.6 Å². The fourth-order valence-corrected chi connectivity index (χ4v) is 3.94. The maximum absolute atomic E-state index is 12.2. The lowest BCUT2D eigenvalue weighted by molar-refractivity contribution is -0.175. The molecule has 0 radical (unpaired) electrons. The lowest BCUT2D eigenvalue weighted by Gasteiger charge is -2.58. The molecule has 2 aliphatic rings. The molecule has 1 fully saturated rings. The molecule has 1 unspecified atom stereocenters. The number of hydrogen-bond acceptors (Lipinski definition) is 4. The van der Waals surface area contributed by atoms with Gasteiger partial charge in [0.05, 0.1) is 13.1 Å². The van der Waals surface area contributed by atoms with Gasteiger partial charge in [-0.1, -0.05) is 24.3 Å². The van der Waals surface area contributed by atoms with E-state index in [0.717, 1.165) is 19.3 Å². The van der Waals surface area contributed by atoms with E-state index in [4.69, 9.17) is 10.5 Å². The van der Waals surface area contributed by atoms with E-state index in [1.807, 2.05) is 26.8 Å². The summed E-state index contributed by atoms with van der Waals surface area (Å²) in [4.78, 5) is 13.7. The quantitative estimate of drug-likeness (QED) is 0.870. The second kappa shape index (κ2) is 5.74. The van der Waals surface area contributed by atoms with Crippen LogP contribution in [0.15, 0.2) is 24.3 Å². The van der Waals surface area contributed by atoms with Gasteiger partial charge in [-0.25, -0.2) is 4.79 Å². The van der Waals surface area contributed by atoms with Crippen LogP contribution in [0.1, 0.15) is 38.3 Å². The van der Waals surface area contributed by atoms with Crippen LogP contribution in [0.2, 0.25) is 0 Å². The van der Waals surface area contributed by atoms with E-state index in [1.165, 1.54) is 11.1 Å². The van der Waals surface area contributed by atoms with Crippen LogP contribution in [0.25, 0.3) is 0 Å². The standard InChI is InChI=1S/C19H28N2O3/c1-17(2,3)24-16(22)21-12-19(23,13-21)18(11-20)9-8-14-6-4-5-7-15(14)10-18/h4-7,23H,8-13,20H2,1-3H3. The van der Waals surface area contributed by atoms with Crippen molar-refractivity contribution in [3.05, 3.63) is 35.4 Å². The van der Waals surface area contributed by atoms with Crippen molar-refractivity contribution in [2.24, 2.45) is 11.1 Å². The zero-order chi connectivity index (χ0) is 17.6. The summed E-state index contributed by atoms with van der Waals surface area (Å²) >= 11 is 0. The van der Waals surface area contributed by atoms with E-state index in [0.29, 0.717) is 19.6 Å². The molecular weight excluding hydrogens is 304 g/mol. The van der Waals surface area contributed by atoms with Gasteiger partial charge in [-0.2, -0.15) is 0 Å². The highest BCUT2D eigenvalue weighted by Crippen LogP contribution is 2.47. The van der Waals surface area contributed by atoms with Crippen LogP contribution in [0, 0.1) is 5.41 Å². The topological polar surface area (TPSA) is 75.8 Å². The van der Waals surface area contributed by atoms with Gasteiger partial charge in [-0.05, 0) is 51.2 Å². The summed E-state index contributed by atoms with van der Waals surface area (Å²) in [5.74, 6) is 0. The summed E-state index contributed by atoms with van der Waals surface area (Å²) in [6, 6.07) is 8.35. The molecule has 3 rings (SSSR count). The van der Waals surface area contributed by atoms with Gasteiger partial charge in [-0.3, -0.25) is 0 Å². The summed E-state index contributed by atoms with van der Waals surface area (Å²) in [5.41, 5.74) is 6.88. The Morgan fingerprint density at radius 2 is 1.92 bits per heavy atom. The van der Waals surface area contributed by atoms with Crippen molar-refractivity contribution in [2.45, 2.75) is 51.2 Å².